The number of morpholine rings is 1. The zero-order chi connectivity index (χ0) is 13.5. The van der Waals surface area contributed by atoms with Crippen molar-refractivity contribution in [1.29, 1.82) is 0 Å². The molecule has 1 aliphatic rings. The first-order valence-corrected chi connectivity index (χ1v) is 7.03. The van der Waals surface area contributed by atoms with E-state index in [4.69, 9.17) is 9.47 Å². The van der Waals surface area contributed by atoms with E-state index in [2.05, 4.69) is 43.4 Å². The Morgan fingerprint density at radius 3 is 2.79 bits per heavy atom. The molecular weight excluding hydrogens is 238 g/mol. The van der Waals surface area contributed by atoms with Crippen LogP contribution in [0.2, 0.25) is 0 Å². The highest BCUT2D eigenvalue weighted by Crippen LogP contribution is 2.14. The standard InChI is InChI=1S/C16H23NO2/c1-3-10-19-16-8-5-14(6-9-16)4-7-15-12-18-11-13(2)17-15/h4-9,13,15,17H,3,10-12H2,1-2H3/b7-4+. The summed E-state index contributed by atoms with van der Waals surface area (Å²) < 4.78 is 11.1. The number of benzene rings is 1. The third-order valence-corrected chi connectivity index (χ3v) is 3.04. The summed E-state index contributed by atoms with van der Waals surface area (Å²) in [6, 6.07) is 8.92. The molecule has 0 saturated carbocycles. The maximum Gasteiger partial charge on any atom is 0.119 e. The Hall–Kier alpha value is -1.32. The van der Waals surface area contributed by atoms with E-state index >= 15 is 0 Å². The van der Waals surface area contributed by atoms with Crippen molar-refractivity contribution in [1.82, 2.24) is 5.32 Å². The van der Waals surface area contributed by atoms with Gasteiger partial charge in [0.25, 0.3) is 0 Å². The van der Waals surface area contributed by atoms with Crippen molar-refractivity contribution in [2.45, 2.75) is 32.4 Å². The molecule has 2 rings (SSSR count). The van der Waals surface area contributed by atoms with Crippen molar-refractivity contribution in [3.8, 4) is 5.75 Å². The summed E-state index contributed by atoms with van der Waals surface area (Å²) in [6.07, 6.45) is 5.33. The van der Waals surface area contributed by atoms with Gasteiger partial charge in [0, 0.05) is 12.1 Å². The van der Waals surface area contributed by atoms with Gasteiger partial charge in [0.05, 0.1) is 19.8 Å². The van der Waals surface area contributed by atoms with Crippen molar-refractivity contribution >= 4 is 6.08 Å². The highest BCUT2D eigenvalue weighted by Gasteiger charge is 2.15. The fourth-order valence-corrected chi connectivity index (χ4v) is 2.07. The van der Waals surface area contributed by atoms with E-state index in [1.165, 1.54) is 5.56 Å². The first-order chi connectivity index (χ1) is 9.28. The Balaban J connectivity index is 1.87. The van der Waals surface area contributed by atoms with Crippen LogP contribution < -0.4 is 10.1 Å². The smallest absolute Gasteiger partial charge is 0.119 e. The second kappa shape index (κ2) is 7.31. The first-order valence-electron chi connectivity index (χ1n) is 7.03. The number of ether oxygens (including phenoxy) is 2. The van der Waals surface area contributed by atoms with Crippen LogP contribution in [0.4, 0.5) is 0 Å². The summed E-state index contributed by atoms with van der Waals surface area (Å²) in [4.78, 5) is 0. The topological polar surface area (TPSA) is 30.5 Å². The Labute approximate surface area is 115 Å². The van der Waals surface area contributed by atoms with Crippen molar-refractivity contribution in [3.63, 3.8) is 0 Å². The molecule has 3 heteroatoms. The molecule has 0 aromatic heterocycles. The number of nitrogens with one attached hydrogen (secondary N) is 1. The summed E-state index contributed by atoms with van der Waals surface area (Å²) in [6.45, 7) is 6.57. The third kappa shape index (κ3) is 4.69. The number of hydrogen-bond acceptors (Lipinski definition) is 3. The minimum Gasteiger partial charge on any atom is -0.494 e. The van der Waals surface area contributed by atoms with Crippen LogP contribution in [0.15, 0.2) is 30.3 Å². The van der Waals surface area contributed by atoms with Crippen molar-refractivity contribution in [3.05, 3.63) is 35.9 Å². The Morgan fingerprint density at radius 2 is 2.11 bits per heavy atom. The van der Waals surface area contributed by atoms with Crippen LogP contribution in [0.25, 0.3) is 6.08 Å². The maximum atomic E-state index is 5.56. The van der Waals surface area contributed by atoms with Crippen molar-refractivity contribution < 1.29 is 9.47 Å². The highest BCUT2D eigenvalue weighted by molar-refractivity contribution is 5.51. The Morgan fingerprint density at radius 1 is 1.32 bits per heavy atom. The molecule has 104 valence electrons. The molecule has 2 unspecified atom stereocenters. The summed E-state index contributed by atoms with van der Waals surface area (Å²) >= 11 is 0. The first kappa shape index (κ1) is 14.1. The molecule has 1 fully saturated rings. The largest absolute Gasteiger partial charge is 0.494 e. The zero-order valence-corrected chi connectivity index (χ0v) is 11.8. The predicted molar refractivity (Wildman–Crippen MR) is 78.5 cm³/mol. The van der Waals surface area contributed by atoms with Gasteiger partial charge < -0.3 is 14.8 Å². The molecule has 1 heterocycles. The molecule has 1 N–H and O–H groups in total. The minimum absolute atomic E-state index is 0.305. The normalized spacial score (nSPS) is 23.7. The molecule has 0 bridgehead atoms. The summed E-state index contributed by atoms with van der Waals surface area (Å²) in [7, 11) is 0. The molecule has 1 aromatic carbocycles. The lowest BCUT2D eigenvalue weighted by Gasteiger charge is -2.26. The van der Waals surface area contributed by atoms with Gasteiger partial charge in [-0.3, -0.25) is 0 Å². The zero-order valence-electron chi connectivity index (χ0n) is 11.8. The molecular formula is C16H23NO2. The molecule has 0 amide bonds. The monoisotopic (exact) mass is 261 g/mol. The van der Waals surface area contributed by atoms with Gasteiger partial charge in [-0.05, 0) is 31.0 Å². The van der Waals surface area contributed by atoms with Crippen molar-refractivity contribution in [2.24, 2.45) is 0 Å². The third-order valence-electron chi connectivity index (χ3n) is 3.04. The number of rotatable bonds is 5. The van der Waals surface area contributed by atoms with E-state index in [0.717, 1.165) is 32.0 Å². The average Bonchev–Trinajstić information content (AvgIpc) is 2.44. The van der Waals surface area contributed by atoms with E-state index in [0.29, 0.717) is 12.1 Å². The Kier molecular flexibility index (Phi) is 5.43. The molecule has 0 spiro atoms. The van der Waals surface area contributed by atoms with Crippen LogP contribution in [-0.2, 0) is 4.74 Å². The summed E-state index contributed by atoms with van der Waals surface area (Å²) in [5.41, 5.74) is 1.18. The molecule has 1 aliphatic heterocycles. The van der Waals surface area contributed by atoms with Crippen LogP contribution in [0.5, 0.6) is 5.75 Å². The molecule has 3 nitrogen and oxygen atoms in total. The second-order valence-electron chi connectivity index (χ2n) is 4.99. The number of hydrogen-bond donors (Lipinski definition) is 1. The average molecular weight is 261 g/mol. The van der Waals surface area contributed by atoms with Gasteiger partial charge in [-0.2, -0.15) is 0 Å². The van der Waals surface area contributed by atoms with E-state index in [1.54, 1.807) is 0 Å². The fraction of sp³-hybridized carbons (Fsp3) is 0.500. The van der Waals surface area contributed by atoms with Gasteiger partial charge in [0.2, 0.25) is 0 Å². The molecule has 0 aliphatic carbocycles. The molecule has 2 atom stereocenters. The van der Waals surface area contributed by atoms with Crippen LogP contribution in [0.3, 0.4) is 0 Å². The SMILES string of the molecule is CCCOc1ccc(/C=C/C2COCC(C)N2)cc1. The molecule has 0 radical (unpaired) electrons. The maximum absolute atomic E-state index is 5.56. The van der Waals surface area contributed by atoms with Crippen LogP contribution >= 0.6 is 0 Å². The van der Waals surface area contributed by atoms with Gasteiger partial charge in [-0.25, -0.2) is 0 Å². The molecule has 19 heavy (non-hydrogen) atoms. The summed E-state index contributed by atoms with van der Waals surface area (Å²) in [5.74, 6) is 0.937. The van der Waals surface area contributed by atoms with Gasteiger partial charge in [-0.15, -0.1) is 0 Å². The van der Waals surface area contributed by atoms with E-state index in [1.807, 2.05) is 12.1 Å². The summed E-state index contributed by atoms with van der Waals surface area (Å²) in [5, 5.41) is 3.49. The fourth-order valence-electron chi connectivity index (χ4n) is 2.07. The lowest BCUT2D eigenvalue weighted by Crippen LogP contribution is -2.46. The van der Waals surface area contributed by atoms with E-state index in [-0.39, 0.29) is 0 Å². The van der Waals surface area contributed by atoms with Crippen LogP contribution in [-0.4, -0.2) is 31.9 Å². The second-order valence-corrected chi connectivity index (χ2v) is 4.99. The predicted octanol–water partition coefficient (Wildman–Crippen LogP) is 2.87. The quantitative estimate of drug-likeness (QED) is 0.884. The highest BCUT2D eigenvalue weighted by atomic mass is 16.5. The van der Waals surface area contributed by atoms with Gasteiger partial charge >= 0.3 is 0 Å². The minimum atomic E-state index is 0.305. The lowest BCUT2D eigenvalue weighted by atomic mass is 10.1. The Bertz CT molecular complexity index is 400. The van der Waals surface area contributed by atoms with Crippen LogP contribution in [0, 0.1) is 0 Å². The molecule has 1 aromatic rings. The van der Waals surface area contributed by atoms with Gasteiger partial charge in [0.15, 0.2) is 0 Å². The van der Waals surface area contributed by atoms with Crippen LogP contribution in [0.1, 0.15) is 25.8 Å². The molecule has 1 saturated heterocycles. The van der Waals surface area contributed by atoms with Gasteiger partial charge in [0.1, 0.15) is 5.75 Å². The lowest BCUT2D eigenvalue weighted by molar-refractivity contribution is 0.0637. The van der Waals surface area contributed by atoms with E-state index in [9.17, 15) is 0 Å². The van der Waals surface area contributed by atoms with Crippen molar-refractivity contribution in [2.75, 3.05) is 19.8 Å². The van der Waals surface area contributed by atoms with Gasteiger partial charge in [-0.1, -0.05) is 31.2 Å². The van der Waals surface area contributed by atoms with E-state index < -0.39 is 0 Å².